The largest absolute Gasteiger partial charge is 0.321 e. The van der Waals surface area contributed by atoms with E-state index < -0.39 is 0 Å². The van der Waals surface area contributed by atoms with E-state index in [0.717, 1.165) is 0 Å². The maximum atomic E-state index is 11.2. The molecule has 1 rings (SSSR count). The van der Waals surface area contributed by atoms with Gasteiger partial charge in [-0.3, -0.25) is 9.59 Å². The maximum Gasteiger partial charge on any atom is 0.250 e. The van der Waals surface area contributed by atoms with Crippen LogP contribution in [0.3, 0.4) is 0 Å². The fourth-order valence-corrected chi connectivity index (χ4v) is 1.09. The van der Waals surface area contributed by atoms with Crippen LogP contribution in [0.15, 0.2) is 59.8 Å². The highest BCUT2D eigenvalue weighted by Crippen LogP contribution is 2.02. The van der Waals surface area contributed by atoms with E-state index in [9.17, 15) is 14.0 Å². The molecule has 0 radical (unpaired) electrons. The van der Waals surface area contributed by atoms with Gasteiger partial charge in [-0.1, -0.05) is 24.8 Å². The van der Waals surface area contributed by atoms with Gasteiger partial charge in [-0.05, 0) is 25.1 Å². The van der Waals surface area contributed by atoms with Crippen molar-refractivity contribution in [1.29, 1.82) is 0 Å². The average molecular weight is 299 g/mol. The number of carbonyl (C=O) groups excluding carboxylic acids is 1. The Hall–Kier alpha value is -2.14. The molecule has 20 heavy (non-hydrogen) atoms. The van der Waals surface area contributed by atoms with Crippen LogP contribution >= 0.6 is 11.6 Å². The molecule has 0 bridgehead atoms. The van der Waals surface area contributed by atoms with Gasteiger partial charge in [0.1, 0.15) is 6.33 Å². The maximum absolute atomic E-state index is 11.2. The monoisotopic (exact) mass is 298 g/mol. The summed E-state index contributed by atoms with van der Waals surface area (Å²) in [6.45, 7) is 8.97. The van der Waals surface area contributed by atoms with Crippen LogP contribution < -0.4 is 10.9 Å². The molecule has 0 atom stereocenters. The first-order valence-electron chi connectivity index (χ1n) is 5.70. The molecule has 0 fully saturated rings. The lowest BCUT2D eigenvalue weighted by Gasteiger charge is -2.05. The first kappa shape index (κ1) is 17.9. The second-order valence-corrected chi connectivity index (χ2v) is 3.87. The van der Waals surface area contributed by atoms with Crippen LogP contribution in [0, 0.1) is 0 Å². The fourth-order valence-electron chi connectivity index (χ4n) is 1.09. The number of anilines is 1. The summed E-state index contributed by atoms with van der Waals surface area (Å²) < 4.78 is 12.5. The lowest BCUT2D eigenvalue weighted by atomic mass is 10.4. The summed E-state index contributed by atoms with van der Waals surface area (Å²) in [5.41, 5.74) is 0.514. The molecule has 0 saturated carbocycles. The Balaban J connectivity index is 0.000000511. The number of nitrogens with one attached hydrogen (secondary N) is 1. The van der Waals surface area contributed by atoms with Crippen molar-refractivity contribution in [3.63, 3.8) is 0 Å². The Morgan fingerprint density at radius 3 is 2.50 bits per heavy atom. The minimum Gasteiger partial charge on any atom is -0.321 e. The van der Waals surface area contributed by atoms with Crippen molar-refractivity contribution in [1.82, 2.24) is 4.57 Å². The lowest BCUT2D eigenvalue weighted by molar-refractivity contribution is -0.111. The van der Waals surface area contributed by atoms with Gasteiger partial charge in [0, 0.05) is 18.8 Å². The van der Waals surface area contributed by atoms with E-state index in [-0.39, 0.29) is 22.8 Å². The molecule has 0 aliphatic rings. The molecular formula is C14H16ClFN2O2. The molecular weight excluding hydrogens is 283 g/mol. The van der Waals surface area contributed by atoms with Gasteiger partial charge in [0.2, 0.25) is 5.91 Å². The number of rotatable bonds is 4. The third-order valence-electron chi connectivity index (χ3n) is 2.08. The van der Waals surface area contributed by atoms with Gasteiger partial charge in [-0.2, -0.15) is 0 Å². The fraction of sp³-hybridized carbons (Fsp3) is 0.143. The van der Waals surface area contributed by atoms with Crippen molar-refractivity contribution in [3.8, 4) is 0 Å². The highest BCUT2D eigenvalue weighted by molar-refractivity contribution is 6.30. The van der Waals surface area contributed by atoms with Crippen LogP contribution in [-0.4, -0.2) is 10.5 Å². The van der Waals surface area contributed by atoms with Crippen LogP contribution in [0.25, 0.3) is 0 Å². The second kappa shape index (κ2) is 9.75. The number of aromatic nitrogens is 1. The normalized spacial score (nSPS) is 10.1. The van der Waals surface area contributed by atoms with E-state index in [0.29, 0.717) is 12.2 Å². The highest BCUT2D eigenvalue weighted by atomic mass is 35.5. The summed E-state index contributed by atoms with van der Waals surface area (Å²) in [4.78, 5) is 22.1. The van der Waals surface area contributed by atoms with Crippen LogP contribution in [0.4, 0.5) is 10.1 Å². The first-order chi connectivity index (χ1) is 9.48. The smallest absolute Gasteiger partial charge is 0.250 e. The number of amides is 1. The zero-order chi connectivity index (χ0) is 15.5. The minimum absolute atomic E-state index is 0.0370. The predicted molar refractivity (Wildman–Crippen MR) is 80.4 cm³/mol. The molecule has 0 aliphatic carbocycles. The van der Waals surface area contributed by atoms with Crippen LogP contribution in [-0.2, 0) is 11.3 Å². The predicted octanol–water partition coefficient (Wildman–Crippen LogP) is 3.21. The number of hydrogen-bond donors (Lipinski definition) is 1. The van der Waals surface area contributed by atoms with E-state index in [1.165, 1.54) is 22.8 Å². The zero-order valence-corrected chi connectivity index (χ0v) is 11.9. The molecule has 0 saturated heterocycles. The summed E-state index contributed by atoms with van der Waals surface area (Å²) in [6, 6.07) is 2.98. The Bertz CT molecular complexity index is 565. The van der Waals surface area contributed by atoms with Gasteiger partial charge < -0.3 is 9.88 Å². The first-order valence-corrected chi connectivity index (χ1v) is 6.08. The van der Waals surface area contributed by atoms with E-state index in [1.807, 2.05) is 6.92 Å². The Kier molecular flexibility index (Phi) is 8.70. The van der Waals surface area contributed by atoms with Gasteiger partial charge in [-0.15, -0.1) is 0 Å². The zero-order valence-electron chi connectivity index (χ0n) is 11.1. The third kappa shape index (κ3) is 6.70. The number of hydrogen-bond acceptors (Lipinski definition) is 2. The van der Waals surface area contributed by atoms with Gasteiger partial charge in [0.05, 0.1) is 10.7 Å². The number of pyridine rings is 1. The van der Waals surface area contributed by atoms with Gasteiger partial charge in [0.25, 0.3) is 5.56 Å². The van der Waals surface area contributed by atoms with Crippen LogP contribution in [0.2, 0.25) is 0 Å². The molecule has 0 aliphatic heterocycles. The number of nitrogens with zero attached hydrogens (tertiary/aromatic N) is 1. The molecule has 108 valence electrons. The van der Waals surface area contributed by atoms with E-state index in [2.05, 4.69) is 18.5 Å². The van der Waals surface area contributed by atoms with Crippen LogP contribution in [0.5, 0.6) is 0 Å². The quantitative estimate of drug-likeness (QED) is 0.685. The van der Waals surface area contributed by atoms with Crippen molar-refractivity contribution in [3.05, 3.63) is 65.4 Å². The molecule has 0 spiro atoms. The highest BCUT2D eigenvalue weighted by Gasteiger charge is 1.98. The molecule has 1 aromatic heterocycles. The number of halogens is 2. The SMILES string of the molecule is C=C/C(Cl)=C/F.C=CC(=O)Nc1ccc(=O)n(CC)c1. The standard InChI is InChI=1S/C10H12N2O2.C4H4ClF/c1-3-9(13)11-8-5-6-10(14)12(4-2)7-8;1-2-4(5)3-6/h3,5-7H,1,4H2,2H3,(H,11,13);2-3H,1H2/b;4-3-. The molecule has 1 N–H and O–H groups in total. The Morgan fingerprint density at radius 1 is 1.45 bits per heavy atom. The average Bonchev–Trinajstić information content (AvgIpc) is 2.48. The topological polar surface area (TPSA) is 51.1 Å². The second-order valence-electron chi connectivity index (χ2n) is 3.43. The number of carbonyl (C=O) groups is 1. The summed E-state index contributed by atoms with van der Waals surface area (Å²) in [5, 5.41) is 2.61. The number of aryl methyl sites for hydroxylation is 1. The third-order valence-corrected chi connectivity index (χ3v) is 2.31. The van der Waals surface area contributed by atoms with Crippen LogP contribution in [0.1, 0.15) is 6.92 Å². The molecule has 1 heterocycles. The lowest BCUT2D eigenvalue weighted by Crippen LogP contribution is -2.18. The van der Waals surface area contributed by atoms with Crippen molar-refractivity contribution in [2.24, 2.45) is 0 Å². The molecule has 0 unspecified atom stereocenters. The molecule has 0 aromatic carbocycles. The number of allylic oxidation sites excluding steroid dienone is 2. The molecule has 1 aromatic rings. The van der Waals surface area contributed by atoms with Crippen molar-refractivity contribution in [2.75, 3.05) is 5.32 Å². The van der Waals surface area contributed by atoms with Gasteiger partial charge in [-0.25, -0.2) is 4.39 Å². The minimum atomic E-state index is -0.286. The van der Waals surface area contributed by atoms with E-state index in [4.69, 9.17) is 11.6 Å². The van der Waals surface area contributed by atoms with E-state index in [1.54, 1.807) is 12.3 Å². The van der Waals surface area contributed by atoms with Gasteiger partial charge in [0.15, 0.2) is 0 Å². The van der Waals surface area contributed by atoms with E-state index >= 15 is 0 Å². The summed E-state index contributed by atoms with van der Waals surface area (Å²) >= 11 is 5.02. The van der Waals surface area contributed by atoms with Crippen molar-refractivity contribution in [2.45, 2.75) is 13.5 Å². The Labute approximate surface area is 121 Å². The summed E-state index contributed by atoms with van der Waals surface area (Å²) in [5.74, 6) is -0.286. The Morgan fingerprint density at radius 2 is 2.10 bits per heavy atom. The molecule has 1 amide bonds. The summed E-state index contributed by atoms with van der Waals surface area (Å²) in [6.07, 6.45) is 4.29. The van der Waals surface area contributed by atoms with Crippen molar-refractivity contribution >= 4 is 23.2 Å². The molecule has 4 nitrogen and oxygen atoms in total. The van der Waals surface area contributed by atoms with Crippen molar-refractivity contribution < 1.29 is 9.18 Å². The molecule has 6 heteroatoms. The summed E-state index contributed by atoms with van der Waals surface area (Å²) in [7, 11) is 0. The van der Waals surface area contributed by atoms with Gasteiger partial charge >= 0.3 is 0 Å².